The van der Waals surface area contributed by atoms with Gasteiger partial charge in [-0.15, -0.1) is 0 Å². The molecule has 0 saturated heterocycles. The second-order valence-electron chi connectivity index (χ2n) is 6.04. The number of esters is 1. The molecule has 0 saturated carbocycles. The second kappa shape index (κ2) is 12.2. The molecule has 0 spiro atoms. The first-order chi connectivity index (χ1) is 11.8. The molecule has 6 N–H and O–H groups in total. The molecule has 1 aromatic rings. The maximum Gasteiger partial charge on any atom is 0.332 e. The number of ether oxygens (including phenoxy) is 1. The fourth-order valence-corrected chi connectivity index (χ4v) is 1.36. The van der Waals surface area contributed by atoms with Gasteiger partial charge in [-0.05, 0) is 26.3 Å². The van der Waals surface area contributed by atoms with Crippen molar-refractivity contribution in [2.24, 2.45) is 17.2 Å². The number of nitrogens with two attached hydrogens (primary N) is 3. The van der Waals surface area contributed by atoms with Crippen LogP contribution in [0, 0.1) is 0 Å². The highest BCUT2D eigenvalue weighted by Crippen LogP contribution is 2.15. The van der Waals surface area contributed by atoms with E-state index in [0.717, 1.165) is 6.08 Å². The molecule has 0 fully saturated rings. The lowest BCUT2D eigenvalue weighted by molar-refractivity contribution is -0.148. The van der Waals surface area contributed by atoms with Crippen LogP contribution in [-0.2, 0) is 23.9 Å². The zero-order valence-electron chi connectivity index (χ0n) is 15.7. The van der Waals surface area contributed by atoms with Crippen molar-refractivity contribution in [2.75, 3.05) is 0 Å². The van der Waals surface area contributed by atoms with Crippen molar-refractivity contribution < 1.29 is 23.9 Å². The molecule has 1 rings (SSSR count). The Morgan fingerprint density at radius 3 is 1.58 bits per heavy atom. The Hall–Kier alpha value is -3.16. The Morgan fingerprint density at radius 2 is 1.27 bits per heavy atom. The monoisotopic (exact) mass is 365 g/mol. The van der Waals surface area contributed by atoms with Gasteiger partial charge in [0.2, 0.25) is 17.7 Å². The molecule has 0 bridgehead atoms. The molecule has 0 aliphatic heterocycles. The van der Waals surface area contributed by atoms with E-state index in [1.54, 1.807) is 45.0 Å². The molecular formula is C18H27N3O5. The third kappa shape index (κ3) is 17.2. The molecule has 0 heterocycles. The van der Waals surface area contributed by atoms with Gasteiger partial charge in [-0.2, -0.15) is 0 Å². The predicted octanol–water partition coefficient (Wildman–Crippen LogP) is 0.880. The zero-order chi connectivity index (χ0) is 20.9. The summed E-state index contributed by atoms with van der Waals surface area (Å²) in [5.41, 5.74) is 14.3. The molecule has 0 aromatic heterocycles. The van der Waals surface area contributed by atoms with Gasteiger partial charge in [-0.3, -0.25) is 14.4 Å². The molecule has 1 aromatic carbocycles. The van der Waals surface area contributed by atoms with E-state index in [1.165, 1.54) is 13.8 Å². The van der Waals surface area contributed by atoms with Gasteiger partial charge < -0.3 is 21.9 Å². The number of rotatable bonds is 3. The van der Waals surface area contributed by atoms with Crippen LogP contribution in [0.5, 0.6) is 0 Å². The van der Waals surface area contributed by atoms with Crippen LogP contribution in [0.15, 0.2) is 36.4 Å². The minimum atomic E-state index is -0.660. The van der Waals surface area contributed by atoms with Gasteiger partial charge in [0, 0.05) is 19.9 Å². The third-order valence-electron chi connectivity index (χ3n) is 2.02. The molecule has 8 heteroatoms. The standard InChI is InChI=1S/C14H17NO3.2C2H5NO/c1-14(2,3)18-12(16)9-11(13(15)17)10-7-5-4-6-8-10;2*1-2(3)4/h4-9H,1-3H3,(H2,15,17);2*1H3,(H2,3,4). The lowest BCUT2D eigenvalue weighted by Crippen LogP contribution is -2.23. The van der Waals surface area contributed by atoms with Crippen molar-refractivity contribution >= 4 is 29.3 Å². The number of benzene rings is 1. The maximum absolute atomic E-state index is 11.6. The first kappa shape index (κ1) is 25.1. The van der Waals surface area contributed by atoms with E-state index in [-0.39, 0.29) is 17.4 Å². The van der Waals surface area contributed by atoms with E-state index >= 15 is 0 Å². The highest BCUT2D eigenvalue weighted by atomic mass is 16.6. The maximum atomic E-state index is 11.6. The topological polar surface area (TPSA) is 156 Å². The molecule has 8 nitrogen and oxygen atoms in total. The molecular weight excluding hydrogens is 338 g/mol. The molecule has 0 radical (unpaired) electrons. The summed E-state index contributed by atoms with van der Waals surface area (Å²) >= 11 is 0. The van der Waals surface area contributed by atoms with Gasteiger partial charge in [0.05, 0.1) is 5.57 Å². The highest BCUT2D eigenvalue weighted by Gasteiger charge is 2.17. The molecule has 3 amide bonds. The highest BCUT2D eigenvalue weighted by molar-refractivity contribution is 6.22. The SMILES string of the molecule is CC(C)(C)OC(=O)C=C(C(N)=O)c1ccccc1.CC(N)=O.CC(N)=O. The number of primary amides is 3. The Kier molecular flexibility index (Phi) is 11.8. The van der Waals surface area contributed by atoms with Gasteiger partial charge in [0.25, 0.3) is 0 Å². The molecule has 0 atom stereocenters. The number of carbonyl (C=O) groups is 4. The van der Waals surface area contributed by atoms with Crippen LogP contribution >= 0.6 is 0 Å². The van der Waals surface area contributed by atoms with Crippen LogP contribution < -0.4 is 17.2 Å². The quantitative estimate of drug-likeness (QED) is 0.535. The first-order valence-corrected chi connectivity index (χ1v) is 7.58. The van der Waals surface area contributed by atoms with Crippen LogP contribution in [0.2, 0.25) is 0 Å². The van der Waals surface area contributed by atoms with Gasteiger partial charge in [0.15, 0.2) is 0 Å². The van der Waals surface area contributed by atoms with Crippen molar-refractivity contribution in [1.82, 2.24) is 0 Å². The van der Waals surface area contributed by atoms with E-state index in [0.29, 0.717) is 5.56 Å². The average molecular weight is 365 g/mol. The minimum absolute atomic E-state index is 0.143. The summed E-state index contributed by atoms with van der Waals surface area (Å²) in [6.07, 6.45) is 1.13. The molecule has 0 unspecified atom stereocenters. The predicted molar refractivity (Wildman–Crippen MR) is 99.2 cm³/mol. The van der Waals surface area contributed by atoms with Gasteiger partial charge in [0.1, 0.15) is 5.60 Å². The summed E-state index contributed by atoms with van der Waals surface area (Å²) in [6.45, 7) is 7.88. The lowest BCUT2D eigenvalue weighted by atomic mass is 10.1. The van der Waals surface area contributed by atoms with Crippen molar-refractivity contribution in [3.05, 3.63) is 42.0 Å². The second-order valence-corrected chi connectivity index (χ2v) is 6.04. The zero-order valence-corrected chi connectivity index (χ0v) is 15.7. The Labute approximate surface area is 153 Å². The minimum Gasteiger partial charge on any atom is -0.457 e. The largest absolute Gasteiger partial charge is 0.457 e. The first-order valence-electron chi connectivity index (χ1n) is 7.58. The van der Waals surface area contributed by atoms with Crippen LogP contribution in [0.3, 0.4) is 0 Å². The van der Waals surface area contributed by atoms with E-state index in [4.69, 9.17) is 10.5 Å². The van der Waals surface area contributed by atoms with Crippen molar-refractivity contribution in [3.63, 3.8) is 0 Å². The smallest absolute Gasteiger partial charge is 0.332 e. The van der Waals surface area contributed by atoms with E-state index in [1.807, 2.05) is 6.07 Å². The van der Waals surface area contributed by atoms with Crippen molar-refractivity contribution in [2.45, 2.75) is 40.2 Å². The summed E-state index contributed by atoms with van der Waals surface area (Å²) in [5.74, 6) is -1.91. The van der Waals surface area contributed by atoms with Crippen LogP contribution in [0.1, 0.15) is 40.2 Å². The van der Waals surface area contributed by atoms with Crippen molar-refractivity contribution in [3.8, 4) is 0 Å². The lowest BCUT2D eigenvalue weighted by Gasteiger charge is -2.18. The van der Waals surface area contributed by atoms with Gasteiger partial charge in [-0.25, -0.2) is 4.79 Å². The van der Waals surface area contributed by atoms with E-state index < -0.39 is 17.5 Å². The normalized spacial score (nSPS) is 10.3. The summed E-state index contributed by atoms with van der Waals surface area (Å²) < 4.78 is 5.12. The number of hydrogen-bond acceptors (Lipinski definition) is 5. The molecule has 144 valence electrons. The summed E-state index contributed by atoms with van der Waals surface area (Å²) in [7, 11) is 0. The molecule has 0 aliphatic rings. The fourth-order valence-electron chi connectivity index (χ4n) is 1.36. The number of amides is 3. The number of carbonyl (C=O) groups excluding carboxylic acids is 4. The fraction of sp³-hybridized carbons (Fsp3) is 0.333. The summed E-state index contributed by atoms with van der Waals surface area (Å²) in [5, 5.41) is 0. The Balaban J connectivity index is 0. The third-order valence-corrected chi connectivity index (χ3v) is 2.02. The Bertz CT molecular complexity index is 627. The van der Waals surface area contributed by atoms with Gasteiger partial charge >= 0.3 is 5.97 Å². The average Bonchev–Trinajstić information content (AvgIpc) is 2.42. The summed E-state index contributed by atoms with van der Waals surface area (Å²) in [6, 6.07) is 8.76. The van der Waals surface area contributed by atoms with Crippen LogP contribution in [-0.4, -0.2) is 29.3 Å². The van der Waals surface area contributed by atoms with Crippen LogP contribution in [0.25, 0.3) is 5.57 Å². The van der Waals surface area contributed by atoms with E-state index in [2.05, 4.69) is 11.5 Å². The van der Waals surface area contributed by atoms with Gasteiger partial charge in [-0.1, -0.05) is 30.3 Å². The number of hydrogen-bond donors (Lipinski definition) is 3. The van der Waals surface area contributed by atoms with E-state index in [9.17, 15) is 19.2 Å². The van der Waals surface area contributed by atoms with Crippen molar-refractivity contribution in [1.29, 1.82) is 0 Å². The summed E-state index contributed by atoms with van der Waals surface area (Å²) in [4.78, 5) is 41.4. The molecule has 0 aliphatic carbocycles. The van der Waals surface area contributed by atoms with Crippen LogP contribution in [0.4, 0.5) is 0 Å². The Morgan fingerprint density at radius 1 is 0.885 bits per heavy atom. The molecule has 26 heavy (non-hydrogen) atoms.